The van der Waals surface area contributed by atoms with Gasteiger partial charge in [0.05, 0.1) is 6.20 Å². The molecule has 15 heavy (non-hydrogen) atoms. The third-order valence-electron chi connectivity index (χ3n) is 2.01. The second-order valence-electron chi connectivity index (χ2n) is 3.05. The van der Waals surface area contributed by atoms with E-state index in [1.165, 1.54) is 6.20 Å². The summed E-state index contributed by atoms with van der Waals surface area (Å²) in [5, 5.41) is 10.3. The fourth-order valence-corrected chi connectivity index (χ4v) is 1.44. The molecule has 0 aliphatic heterocycles. The minimum absolute atomic E-state index is 0.100. The summed E-state index contributed by atoms with van der Waals surface area (Å²) in [4.78, 5) is 11.6. The van der Waals surface area contributed by atoms with Gasteiger partial charge in [0.15, 0.2) is 5.78 Å². The van der Waals surface area contributed by atoms with Crippen molar-refractivity contribution in [3.63, 3.8) is 0 Å². The Morgan fingerprint density at radius 3 is 2.87 bits per heavy atom. The lowest BCUT2D eigenvalue weighted by Gasteiger charge is -2.00. The molecule has 0 fully saturated rings. The fourth-order valence-electron chi connectivity index (χ4n) is 1.24. The van der Waals surface area contributed by atoms with Crippen molar-refractivity contribution in [3.05, 3.63) is 46.7 Å². The number of benzene rings is 1. The smallest absolute Gasteiger partial charge is 0.189 e. The highest BCUT2D eigenvalue weighted by atomic mass is 35.5. The van der Waals surface area contributed by atoms with Gasteiger partial charge in [-0.1, -0.05) is 29.8 Å². The molecule has 5 heteroatoms. The zero-order valence-electron chi connectivity index (χ0n) is 7.77. The van der Waals surface area contributed by atoms with Gasteiger partial charge in [-0.05, 0) is 11.6 Å². The molecule has 0 bridgehead atoms. The lowest BCUT2D eigenvalue weighted by atomic mass is 10.1. The first-order valence-electron chi connectivity index (χ1n) is 4.40. The molecule has 2 rings (SSSR count). The Kier molecular flexibility index (Phi) is 2.78. The summed E-state index contributed by atoms with van der Waals surface area (Å²) in [7, 11) is 0. The number of aromatic nitrogens is 3. The van der Waals surface area contributed by atoms with Crippen LogP contribution in [0.2, 0.25) is 5.02 Å². The van der Waals surface area contributed by atoms with Gasteiger partial charge in [0.2, 0.25) is 0 Å². The lowest BCUT2D eigenvalue weighted by Crippen LogP contribution is -2.04. The summed E-state index contributed by atoms with van der Waals surface area (Å²) in [6, 6.07) is 7.25. The molecule has 0 unspecified atom stereocenters. The second-order valence-corrected chi connectivity index (χ2v) is 3.45. The second kappa shape index (κ2) is 4.23. The number of halogens is 1. The average Bonchev–Trinajstić information content (AvgIpc) is 2.74. The van der Waals surface area contributed by atoms with Crippen LogP contribution in [0.1, 0.15) is 16.1 Å². The number of carbonyl (C=O) groups excluding carboxylic acids is 1. The van der Waals surface area contributed by atoms with Gasteiger partial charge >= 0.3 is 0 Å². The van der Waals surface area contributed by atoms with Crippen molar-refractivity contribution < 1.29 is 4.79 Å². The van der Waals surface area contributed by atoms with Crippen LogP contribution in [0.15, 0.2) is 30.5 Å². The summed E-state index contributed by atoms with van der Waals surface area (Å²) in [6.45, 7) is 0. The minimum atomic E-state index is -0.100. The number of rotatable bonds is 3. The van der Waals surface area contributed by atoms with Crippen molar-refractivity contribution in [2.24, 2.45) is 0 Å². The Hall–Kier alpha value is -1.68. The summed E-state index contributed by atoms with van der Waals surface area (Å²) in [6.07, 6.45) is 1.64. The average molecular weight is 222 g/mol. The lowest BCUT2D eigenvalue weighted by molar-refractivity contribution is 0.0988. The maximum atomic E-state index is 11.6. The predicted octanol–water partition coefficient (Wildman–Crippen LogP) is 1.88. The molecular weight excluding hydrogens is 214 g/mol. The van der Waals surface area contributed by atoms with E-state index in [1.807, 2.05) is 18.2 Å². The topological polar surface area (TPSA) is 58.6 Å². The fraction of sp³-hybridized carbons (Fsp3) is 0.100. The molecule has 0 aliphatic rings. The predicted molar refractivity (Wildman–Crippen MR) is 55.9 cm³/mol. The number of nitrogens with zero attached hydrogens (tertiary/aromatic N) is 2. The first-order valence-corrected chi connectivity index (χ1v) is 4.77. The van der Waals surface area contributed by atoms with Crippen LogP contribution in [0, 0.1) is 0 Å². The van der Waals surface area contributed by atoms with E-state index in [2.05, 4.69) is 15.4 Å². The zero-order valence-corrected chi connectivity index (χ0v) is 8.53. The van der Waals surface area contributed by atoms with Crippen LogP contribution in [-0.4, -0.2) is 21.2 Å². The maximum Gasteiger partial charge on any atom is 0.189 e. The number of Topliss-reactive ketones (excluding diaryl/α,β-unsaturated/α-hetero) is 1. The number of nitrogens with one attached hydrogen (secondary N) is 1. The molecule has 0 aliphatic carbocycles. The summed E-state index contributed by atoms with van der Waals surface area (Å²) >= 11 is 5.93. The van der Waals surface area contributed by atoms with Gasteiger partial charge < -0.3 is 0 Å². The Morgan fingerprint density at radius 2 is 2.20 bits per heavy atom. The molecule has 76 valence electrons. The van der Waals surface area contributed by atoms with E-state index in [4.69, 9.17) is 11.6 Å². The van der Waals surface area contributed by atoms with Crippen LogP contribution in [0.4, 0.5) is 0 Å². The first kappa shape index (κ1) is 9.86. The summed E-state index contributed by atoms with van der Waals surface area (Å²) in [5.74, 6) is -0.100. The standard InChI is InChI=1S/C10H8ClN3O/c11-8-4-2-1-3-7(8)5-10(15)9-6-12-14-13-9/h1-4,6H,5H2,(H,12,13,14). The molecule has 0 radical (unpaired) electrons. The first-order chi connectivity index (χ1) is 7.27. The van der Waals surface area contributed by atoms with Gasteiger partial charge in [-0.3, -0.25) is 4.79 Å². The number of hydrogen-bond donors (Lipinski definition) is 1. The van der Waals surface area contributed by atoms with Crippen LogP contribution in [-0.2, 0) is 6.42 Å². The molecule has 1 aromatic heterocycles. The maximum absolute atomic E-state index is 11.6. The number of aromatic amines is 1. The molecule has 0 amide bonds. The van der Waals surface area contributed by atoms with Crippen molar-refractivity contribution in [2.45, 2.75) is 6.42 Å². The van der Waals surface area contributed by atoms with Crippen LogP contribution >= 0.6 is 11.6 Å². The molecule has 1 aromatic carbocycles. The Labute approximate surface area is 91.3 Å². The van der Waals surface area contributed by atoms with Gasteiger partial charge in [-0.2, -0.15) is 15.4 Å². The molecule has 0 atom stereocenters. The molecule has 4 nitrogen and oxygen atoms in total. The van der Waals surface area contributed by atoms with Gasteiger partial charge in [0.1, 0.15) is 5.69 Å². The van der Waals surface area contributed by atoms with E-state index >= 15 is 0 Å². The highest BCUT2D eigenvalue weighted by Gasteiger charge is 2.11. The van der Waals surface area contributed by atoms with Crippen molar-refractivity contribution in [2.75, 3.05) is 0 Å². The van der Waals surface area contributed by atoms with E-state index in [0.29, 0.717) is 10.7 Å². The molecule has 0 saturated heterocycles. The Bertz CT molecular complexity index is 467. The molecule has 1 N–H and O–H groups in total. The Balaban J connectivity index is 2.17. The van der Waals surface area contributed by atoms with Crippen LogP contribution in [0.3, 0.4) is 0 Å². The SMILES string of the molecule is O=C(Cc1ccccc1Cl)c1cn[nH]n1. The molecular formula is C10H8ClN3O. The van der Waals surface area contributed by atoms with E-state index in [1.54, 1.807) is 6.07 Å². The van der Waals surface area contributed by atoms with Crippen LogP contribution in [0.25, 0.3) is 0 Å². The van der Waals surface area contributed by atoms with Gasteiger partial charge in [-0.25, -0.2) is 0 Å². The highest BCUT2D eigenvalue weighted by molar-refractivity contribution is 6.31. The van der Waals surface area contributed by atoms with E-state index in [9.17, 15) is 4.79 Å². The van der Waals surface area contributed by atoms with E-state index in [-0.39, 0.29) is 12.2 Å². The third kappa shape index (κ3) is 2.22. The largest absolute Gasteiger partial charge is 0.292 e. The third-order valence-corrected chi connectivity index (χ3v) is 2.38. The number of carbonyl (C=O) groups is 1. The van der Waals surface area contributed by atoms with E-state index in [0.717, 1.165) is 5.56 Å². The van der Waals surface area contributed by atoms with E-state index < -0.39 is 0 Å². The van der Waals surface area contributed by atoms with Gasteiger partial charge in [0.25, 0.3) is 0 Å². The van der Waals surface area contributed by atoms with Crippen LogP contribution in [0.5, 0.6) is 0 Å². The minimum Gasteiger partial charge on any atom is -0.292 e. The number of ketones is 1. The molecule has 0 spiro atoms. The summed E-state index contributed by atoms with van der Waals surface area (Å²) in [5.41, 5.74) is 1.13. The summed E-state index contributed by atoms with van der Waals surface area (Å²) < 4.78 is 0. The zero-order chi connectivity index (χ0) is 10.7. The van der Waals surface area contributed by atoms with Crippen LogP contribution < -0.4 is 0 Å². The van der Waals surface area contributed by atoms with Gasteiger partial charge in [0, 0.05) is 11.4 Å². The molecule has 1 heterocycles. The van der Waals surface area contributed by atoms with Crippen molar-refractivity contribution >= 4 is 17.4 Å². The molecule has 0 saturated carbocycles. The van der Waals surface area contributed by atoms with Gasteiger partial charge in [-0.15, -0.1) is 0 Å². The highest BCUT2D eigenvalue weighted by Crippen LogP contribution is 2.16. The Morgan fingerprint density at radius 1 is 1.40 bits per heavy atom. The quantitative estimate of drug-likeness (QED) is 0.806. The van der Waals surface area contributed by atoms with Crippen molar-refractivity contribution in [1.29, 1.82) is 0 Å². The normalized spacial score (nSPS) is 10.2. The number of hydrogen-bond acceptors (Lipinski definition) is 3. The van der Waals surface area contributed by atoms with Crippen molar-refractivity contribution in [1.82, 2.24) is 15.4 Å². The molecule has 2 aromatic rings. The van der Waals surface area contributed by atoms with Crippen molar-refractivity contribution in [3.8, 4) is 0 Å². The number of H-pyrrole nitrogens is 1. The monoisotopic (exact) mass is 221 g/mol.